The highest BCUT2D eigenvalue weighted by atomic mass is 16.4. The van der Waals surface area contributed by atoms with Crippen molar-refractivity contribution in [1.29, 1.82) is 5.26 Å². The molecule has 170 valence electrons. The van der Waals surface area contributed by atoms with Crippen LogP contribution in [-0.4, -0.2) is 54.1 Å². The third-order valence-electron chi connectivity index (χ3n) is 6.21. The fourth-order valence-electron chi connectivity index (χ4n) is 4.25. The van der Waals surface area contributed by atoms with E-state index in [4.69, 9.17) is 0 Å². The first-order valence-electron chi connectivity index (χ1n) is 11.1. The van der Waals surface area contributed by atoms with Crippen LogP contribution in [0.5, 0.6) is 0 Å². The topological polar surface area (TPSA) is 134 Å². The van der Waals surface area contributed by atoms with Gasteiger partial charge in [0.2, 0.25) is 5.95 Å². The van der Waals surface area contributed by atoms with Gasteiger partial charge in [0.15, 0.2) is 0 Å². The summed E-state index contributed by atoms with van der Waals surface area (Å²) in [4.78, 5) is 26.9. The van der Waals surface area contributed by atoms with Crippen molar-refractivity contribution in [3.8, 4) is 17.3 Å². The first-order valence-corrected chi connectivity index (χ1v) is 11.1. The van der Waals surface area contributed by atoms with E-state index in [0.717, 1.165) is 49.4 Å². The molecule has 10 nitrogen and oxygen atoms in total. The lowest BCUT2D eigenvalue weighted by molar-refractivity contribution is 0.0697. The maximum absolute atomic E-state index is 11.2. The number of rotatable bonds is 5. The van der Waals surface area contributed by atoms with Gasteiger partial charge in [-0.2, -0.15) is 5.26 Å². The summed E-state index contributed by atoms with van der Waals surface area (Å²) in [5.74, 6) is -0.322. The van der Waals surface area contributed by atoms with Gasteiger partial charge < -0.3 is 10.0 Å². The van der Waals surface area contributed by atoms with Crippen LogP contribution in [0.4, 0.5) is 5.95 Å². The molecule has 4 heterocycles. The molecular weight excluding hydrogens is 432 g/mol. The Balaban J connectivity index is 1.36. The molecule has 0 saturated carbocycles. The number of aryl methyl sites for hydroxylation is 1. The average molecular weight is 454 g/mol. The highest BCUT2D eigenvalue weighted by Crippen LogP contribution is 2.29. The van der Waals surface area contributed by atoms with Crippen molar-refractivity contribution >= 4 is 23.0 Å². The van der Waals surface area contributed by atoms with Crippen molar-refractivity contribution in [2.45, 2.75) is 32.2 Å². The molecule has 0 atom stereocenters. The molecule has 1 aliphatic rings. The minimum absolute atomic E-state index is 0.0605. The summed E-state index contributed by atoms with van der Waals surface area (Å²) in [5.41, 5.74) is 4.05. The first-order chi connectivity index (χ1) is 16.6. The van der Waals surface area contributed by atoms with Gasteiger partial charge in [-0.3, -0.25) is 4.98 Å². The van der Waals surface area contributed by atoms with Crippen LogP contribution in [0.2, 0.25) is 0 Å². The van der Waals surface area contributed by atoms with Gasteiger partial charge in [0, 0.05) is 31.0 Å². The number of nitriles is 1. The van der Waals surface area contributed by atoms with Gasteiger partial charge in [-0.05, 0) is 43.0 Å². The summed E-state index contributed by atoms with van der Waals surface area (Å²) in [5, 5.41) is 27.4. The minimum Gasteiger partial charge on any atom is -0.478 e. The quantitative estimate of drug-likeness (QED) is 0.482. The van der Waals surface area contributed by atoms with Crippen LogP contribution in [0.15, 0.2) is 42.9 Å². The summed E-state index contributed by atoms with van der Waals surface area (Å²) in [6.45, 7) is 3.73. The molecule has 0 unspecified atom stereocenters. The number of hydrogen-bond acceptors (Lipinski definition) is 8. The van der Waals surface area contributed by atoms with E-state index in [-0.39, 0.29) is 17.2 Å². The van der Waals surface area contributed by atoms with Crippen molar-refractivity contribution in [3.05, 3.63) is 59.5 Å². The summed E-state index contributed by atoms with van der Waals surface area (Å²) in [6, 6.07) is 8.46. The standard InChI is InChI=1S/C24H22N8O2/c1-2-15-12-27-24(28-13-15)31-7-5-18(6-8-31)32-22-14-26-20(10-21(22)29-30-32)19-4-3-16(23(33)34)9-17(19)11-25/h3-4,9-10,12-14,18H,2,5-8H2,1H3,(H,33,34). The predicted octanol–water partition coefficient (Wildman–Crippen LogP) is 3.26. The molecule has 1 N–H and O–H groups in total. The van der Waals surface area contributed by atoms with Crippen LogP contribution >= 0.6 is 0 Å². The fourth-order valence-corrected chi connectivity index (χ4v) is 4.25. The van der Waals surface area contributed by atoms with Crippen molar-refractivity contribution < 1.29 is 9.90 Å². The molecule has 4 aromatic rings. The first kappa shape index (κ1) is 21.5. The molecule has 1 saturated heterocycles. The Kier molecular flexibility index (Phi) is 5.59. The van der Waals surface area contributed by atoms with Gasteiger partial charge in [0.05, 0.1) is 35.1 Å². The second-order valence-electron chi connectivity index (χ2n) is 8.23. The van der Waals surface area contributed by atoms with Crippen LogP contribution in [-0.2, 0) is 6.42 Å². The zero-order valence-corrected chi connectivity index (χ0v) is 18.6. The number of hydrogen-bond donors (Lipinski definition) is 1. The molecule has 0 bridgehead atoms. The van der Waals surface area contributed by atoms with Crippen LogP contribution in [0.3, 0.4) is 0 Å². The molecule has 1 aromatic carbocycles. The average Bonchev–Trinajstić information content (AvgIpc) is 3.31. The fraction of sp³-hybridized carbons (Fsp3) is 0.292. The number of carbonyl (C=O) groups is 1. The molecule has 0 aliphatic carbocycles. The Hall–Kier alpha value is -4.39. The zero-order chi connectivity index (χ0) is 23.7. The third-order valence-corrected chi connectivity index (χ3v) is 6.21. The Labute approximate surface area is 195 Å². The van der Waals surface area contributed by atoms with Crippen molar-refractivity contribution in [2.24, 2.45) is 0 Å². The second kappa shape index (κ2) is 8.86. The van der Waals surface area contributed by atoms with Crippen molar-refractivity contribution in [2.75, 3.05) is 18.0 Å². The van der Waals surface area contributed by atoms with Crippen LogP contribution in [0, 0.1) is 11.3 Å². The van der Waals surface area contributed by atoms with Gasteiger partial charge >= 0.3 is 5.97 Å². The summed E-state index contributed by atoms with van der Waals surface area (Å²) < 4.78 is 1.92. The van der Waals surface area contributed by atoms with Crippen molar-refractivity contribution in [1.82, 2.24) is 29.9 Å². The predicted molar refractivity (Wildman–Crippen MR) is 124 cm³/mol. The number of carboxylic acid groups (broad SMARTS) is 1. The largest absolute Gasteiger partial charge is 0.478 e. The number of pyridine rings is 1. The SMILES string of the molecule is CCc1cnc(N2CCC(n3nnc4cc(-c5ccc(C(=O)O)cc5C#N)ncc43)CC2)nc1. The molecular formula is C24H22N8O2. The number of benzene rings is 1. The maximum Gasteiger partial charge on any atom is 0.335 e. The number of aromatic carboxylic acids is 1. The molecule has 0 amide bonds. The minimum atomic E-state index is -1.08. The number of fused-ring (bicyclic) bond motifs is 1. The Morgan fingerprint density at radius 1 is 1.15 bits per heavy atom. The van der Waals surface area contributed by atoms with E-state index >= 15 is 0 Å². The third kappa shape index (κ3) is 3.92. The van der Waals surface area contributed by atoms with E-state index in [1.54, 1.807) is 18.3 Å². The van der Waals surface area contributed by atoms with E-state index in [1.807, 2.05) is 17.1 Å². The normalized spacial score (nSPS) is 14.3. The monoisotopic (exact) mass is 454 g/mol. The zero-order valence-electron chi connectivity index (χ0n) is 18.6. The molecule has 3 aromatic heterocycles. The van der Waals surface area contributed by atoms with E-state index in [9.17, 15) is 15.2 Å². The van der Waals surface area contributed by atoms with E-state index in [2.05, 4.69) is 43.2 Å². The Morgan fingerprint density at radius 2 is 1.91 bits per heavy atom. The smallest absolute Gasteiger partial charge is 0.335 e. The molecule has 1 fully saturated rings. The van der Waals surface area contributed by atoms with Gasteiger partial charge in [-0.15, -0.1) is 5.10 Å². The summed E-state index contributed by atoms with van der Waals surface area (Å²) >= 11 is 0. The van der Waals surface area contributed by atoms with Crippen LogP contribution in [0.25, 0.3) is 22.3 Å². The molecule has 10 heteroatoms. The highest BCUT2D eigenvalue weighted by molar-refractivity contribution is 5.90. The van der Waals surface area contributed by atoms with Crippen molar-refractivity contribution in [3.63, 3.8) is 0 Å². The number of anilines is 1. The molecule has 0 radical (unpaired) electrons. The molecule has 34 heavy (non-hydrogen) atoms. The molecule has 5 rings (SSSR count). The number of piperidine rings is 1. The lowest BCUT2D eigenvalue weighted by Gasteiger charge is -2.32. The van der Waals surface area contributed by atoms with Gasteiger partial charge in [0.1, 0.15) is 11.0 Å². The number of carboxylic acids is 1. The van der Waals surface area contributed by atoms with Crippen LogP contribution in [0.1, 0.15) is 47.3 Å². The van der Waals surface area contributed by atoms with E-state index < -0.39 is 5.97 Å². The van der Waals surface area contributed by atoms with E-state index in [1.165, 1.54) is 12.1 Å². The lowest BCUT2D eigenvalue weighted by Crippen LogP contribution is -2.36. The Morgan fingerprint density at radius 3 is 2.59 bits per heavy atom. The van der Waals surface area contributed by atoms with Gasteiger partial charge in [-0.1, -0.05) is 18.2 Å². The highest BCUT2D eigenvalue weighted by Gasteiger charge is 2.25. The molecule has 1 aliphatic heterocycles. The summed E-state index contributed by atoms with van der Waals surface area (Å²) in [6.07, 6.45) is 8.17. The van der Waals surface area contributed by atoms with Gasteiger partial charge in [-0.25, -0.2) is 19.4 Å². The number of nitrogens with zero attached hydrogens (tertiary/aromatic N) is 8. The summed E-state index contributed by atoms with van der Waals surface area (Å²) in [7, 11) is 0. The van der Waals surface area contributed by atoms with E-state index in [0.29, 0.717) is 16.8 Å². The maximum atomic E-state index is 11.2. The molecule has 0 spiro atoms. The Bertz CT molecular complexity index is 1400. The van der Waals surface area contributed by atoms with Crippen LogP contribution < -0.4 is 4.90 Å². The van der Waals surface area contributed by atoms with Gasteiger partial charge in [0.25, 0.3) is 0 Å². The number of aromatic nitrogens is 6. The lowest BCUT2D eigenvalue weighted by atomic mass is 10.0. The second-order valence-corrected chi connectivity index (χ2v) is 8.23.